The van der Waals surface area contributed by atoms with Gasteiger partial charge >= 0.3 is 0 Å². The van der Waals surface area contributed by atoms with Crippen LogP contribution in [0.15, 0.2) is 18.2 Å². The minimum atomic E-state index is 0.0646. The van der Waals surface area contributed by atoms with Gasteiger partial charge in [-0.1, -0.05) is 13.0 Å². The molecule has 0 amide bonds. The van der Waals surface area contributed by atoms with Crippen LogP contribution in [0.4, 0.5) is 0 Å². The van der Waals surface area contributed by atoms with Crippen LogP contribution in [0.5, 0.6) is 11.5 Å². The van der Waals surface area contributed by atoms with E-state index in [1.807, 2.05) is 18.2 Å². The summed E-state index contributed by atoms with van der Waals surface area (Å²) in [5.74, 6) is 1.47. The summed E-state index contributed by atoms with van der Waals surface area (Å²) in [5.41, 5.74) is 6.99. The minimum absolute atomic E-state index is 0.0646. The van der Waals surface area contributed by atoms with Crippen LogP contribution in [-0.4, -0.2) is 14.2 Å². The SMILES string of the molecule is CCC(N)c1ccc(OC)c(OC)c1. The molecule has 0 fully saturated rings. The molecule has 0 saturated heterocycles. The Labute approximate surface area is 84.8 Å². The highest BCUT2D eigenvalue weighted by atomic mass is 16.5. The molecule has 0 aliphatic carbocycles. The van der Waals surface area contributed by atoms with E-state index in [9.17, 15) is 0 Å². The Kier molecular flexibility index (Phi) is 3.77. The van der Waals surface area contributed by atoms with Crippen molar-refractivity contribution in [2.24, 2.45) is 5.73 Å². The van der Waals surface area contributed by atoms with Crippen molar-refractivity contribution in [1.82, 2.24) is 0 Å². The maximum Gasteiger partial charge on any atom is 0.161 e. The van der Waals surface area contributed by atoms with E-state index in [0.29, 0.717) is 0 Å². The molecular weight excluding hydrogens is 178 g/mol. The predicted octanol–water partition coefficient (Wildman–Crippen LogP) is 2.11. The van der Waals surface area contributed by atoms with Crippen molar-refractivity contribution in [3.05, 3.63) is 23.8 Å². The summed E-state index contributed by atoms with van der Waals surface area (Å²) in [4.78, 5) is 0. The number of nitrogens with two attached hydrogens (primary N) is 1. The van der Waals surface area contributed by atoms with Crippen LogP contribution >= 0.6 is 0 Å². The van der Waals surface area contributed by atoms with Gasteiger partial charge in [0, 0.05) is 6.04 Å². The third-order valence-corrected chi connectivity index (χ3v) is 2.28. The molecule has 0 aliphatic heterocycles. The van der Waals surface area contributed by atoms with Gasteiger partial charge in [0.2, 0.25) is 0 Å². The fourth-order valence-electron chi connectivity index (χ4n) is 1.32. The molecule has 0 aromatic heterocycles. The van der Waals surface area contributed by atoms with Crippen LogP contribution in [0.2, 0.25) is 0 Å². The fraction of sp³-hybridized carbons (Fsp3) is 0.455. The Morgan fingerprint density at radius 2 is 1.86 bits per heavy atom. The third kappa shape index (κ3) is 2.17. The van der Waals surface area contributed by atoms with Crippen molar-refractivity contribution < 1.29 is 9.47 Å². The third-order valence-electron chi connectivity index (χ3n) is 2.28. The Bertz CT molecular complexity index is 299. The van der Waals surface area contributed by atoms with Crippen molar-refractivity contribution >= 4 is 0 Å². The Hall–Kier alpha value is -1.22. The van der Waals surface area contributed by atoms with Crippen LogP contribution in [0.1, 0.15) is 24.9 Å². The van der Waals surface area contributed by atoms with Gasteiger partial charge in [-0.3, -0.25) is 0 Å². The quantitative estimate of drug-likeness (QED) is 0.800. The molecule has 0 saturated carbocycles. The largest absolute Gasteiger partial charge is 0.493 e. The van der Waals surface area contributed by atoms with Crippen molar-refractivity contribution in [3.8, 4) is 11.5 Å². The molecule has 0 heterocycles. The summed E-state index contributed by atoms with van der Waals surface area (Å²) in [6.45, 7) is 2.06. The van der Waals surface area contributed by atoms with E-state index >= 15 is 0 Å². The first-order chi connectivity index (χ1) is 6.72. The summed E-state index contributed by atoms with van der Waals surface area (Å²) >= 11 is 0. The van der Waals surface area contributed by atoms with Gasteiger partial charge in [-0.05, 0) is 24.1 Å². The summed E-state index contributed by atoms with van der Waals surface area (Å²) in [5, 5.41) is 0. The van der Waals surface area contributed by atoms with Gasteiger partial charge in [0.05, 0.1) is 14.2 Å². The monoisotopic (exact) mass is 195 g/mol. The van der Waals surface area contributed by atoms with Crippen molar-refractivity contribution in [2.45, 2.75) is 19.4 Å². The first-order valence-electron chi connectivity index (χ1n) is 4.70. The fourth-order valence-corrected chi connectivity index (χ4v) is 1.32. The molecule has 1 atom stereocenters. The lowest BCUT2D eigenvalue weighted by Gasteiger charge is -2.13. The lowest BCUT2D eigenvalue weighted by Crippen LogP contribution is -2.08. The number of rotatable bonds is 4. The summed E-state index contributed by atoms with van der Waals surface area (Å²) in [6.07, 6.45) is 0.912. The number of ether oxygens (including phenoxy) is 2. The molecule has 3 heteroatoms. The Morgan fingerprint density at radius 1 is 1.21 bits per heavy atom. The standard InChI is InChI=1S/C11H17NO2/c1-4-9(12)8-5-6-10(13-2)11(7-8)14-3/h5-7,9H,4,12H2,1-3H3. The van der Waals surface area contributed by atoms with Gasteiger partial charge in [-0.2, -0.15) is 0 Å². The second kappa shape index (κ2) is 4.86. The number of hydrogen-bond donors (Lipinski definition) is 1. The minimum Gasteiger partial charge on any atom is -0.493 e. The molecule has 0 spiro atoms. The molecular formula is C11H17NO2. The maximum atomic E-state index is 5.91. The van der Waals surface area contributed by atoms with E-state index < -0.39 is 0 Å². The number of hydrogen-bond acceptors (Lipinski definition) is 3. The smallest absolute Gasteiger partial charge is 0.161 e. The zero-order chi connectivity index (χ0) is 10.6. The highest BCUT2D eigenvalue weighted by molar-refractivity contribution is 5.43. The van der Waals surface area contributed by atoms with Crippen LogP contribution in [0.25, 0.3) is 0 Å². The van der Waals surface area contributed by atoms with E-state index in [4.69, 9.17) is 15.2 Å². The molecule has 1 aromatic carbocycles. The van der Waals surface area contributed by atoms with E-state index in [2.05, 4.69) is 6.92 Å². The van der Waals surface area contributed by atoms with Crippen molar-refractivity contribution in [3.63, 3.8) is 0 Å². The topological polar surface area (TPSA) is 44.5 Å². The van der Waals surface area contributed by atoms with Crippen LogP contribution < -0.4 is 15.2 Å². The Balaban J connectivity index is 3.01. The van der Waals surface area contributed by atoms with Crippen molar-refractivity contribution in [2.75, 3.05) is 14.2 Å². The highest BCUT2D eigenvalue weighted by Crippen LogP contribution is 2.29. The normalized spacial score (nSPS) is 12.3. The van der Waals surface area contributed by atoms with Gasteiger partial charge in [-0.15, -0.1) is 0 Å². The predicted molar refractivity (Wildman–Crippen MR) is 56.8 cm³/mol. The lowest BCUT2D eigenvalue weighted by atomic mass is 10.1. The summed E-state index contributed by atoms with van der Waals surface area (Å²) in [6, 6.07) is 5.83. The Morgan fingerprint density at radius 3 is 2.36 bits per heavy atom. The van der Waals surface area contributed by atoms with Gasteiger partial charge < -0.3 is 15.2 Å². The number of benzene rings is 1. The molecule has 0 bridgehead atoms. The van der Waals surface area contributed by atoms with Crippen LogP contribution in [-0.2, 0) is 0 Å². The average Bonchev–Trinajstić information content (AvgIpc) is 2.26. The first kappa shape index (κ1) is 10.9. The molecule has 14 heavy (non-hydrogen) atoms. The summed E-state index contributed by atoms with van der Waals surface area (Å²) < 4.78 is 10.3. The molecule has 2 N–H and O–H groups in total. The maximum absolute atomic E-state index is 5.91. The van der Waals surface area contributed by atoms with Crippen molar-refractivity contribution in [1.29, 1.82) is 0 Å². The van der Waals surface area contributed by atoms with Gasteiger partial charge in [0.25, 0.3) is 0 Å². The van der Waals surface area contributed by atoms with Crippen LogP contribution in [0.3, 0.4) is 0 Å². The van der Waals surface area contributed by atoms with Gasteiger partial charge in [0.1, 0.15) is 0 Å². The molecule has 0 radical (unpaired) electrons. The summed E-state index contributed by atoms with van der Waals surface area (Å²) in [7, 11) is 3.25. The molecule has 3 nitrogen and oxygen atoms in total. The zero-order valence-corrected chi connectivity index (χ0v) is 8.91. The second-order valence-electron chi connectivity index (χ2n) is 3.13. The van der Waals surface area contributed by atoms with E-state index in [-0.39, 0.29) is 6.04 Å². The van der Waals surface area contributed by atoms with E-state index in [1.54, 1.807) is 14.2 Å². The number of methoxy groups -OCH3 is 2. The average molecular weight is 195 g/mol. The molecule has 1 rings (SSSR count). The van der Waals surface area contributed by atoms with E-state index in [0.717, 1.165) is 23.5 Å². The van der Waals surface area contributed by atoms with E-state index in [1.165, 1.54) is 0 Å². The molecule has 1 aromatic rings. The zero-order valence-electron chi connectivity index (χ0n) is 8.91. The molecule has 0 aliphatic rings. The van der Waals surface area contributed by atoms with Crippen LogP contribution in [0, 0.1) is 0 Å². The lowest BCUT2D eigenvalue weighted by molar-refractivity contribution is 0.354. The first-order valence-corrected chi connectivity index (χ1v) is 4.70. The molecule has 1 unspecified atom stereocenters. The highest BCUT2D eigenvalue weighted by Gasteiger charge is 2.08. The van der Waals surface area contributed by atoms with Gasteiger partial charge in [0.15, 0.2) is 11.5 Å². The second-order valence-corrected chi connectivity index (χ2v) is 3.13. The molecule has 78 valence electrons. The van der Waals surface area contributed by atoms with Gasteiger partial charge in [-0.25, -0.2) is 0 Å².